The van der Waals surface area contributed by atoms with Crippen LogP contribution in [0.1, 0.15) is 6.92 Å². The van der Waals surface area contributed by atoms with E-state index in [1.807, 2.05) is 6.07 Å². The third-order valence-electron chi connectivity index (χ3n) is 4.08. The van der Waals surface area contributed by atoms with Gasteiger partial charge in [-0.25, -0.2) is 0 Å². The standard InChI is InChI=1S/C17H20N2O6/c1-9(21)19-14-16(23)15(22)13(8-20)25-17(14)24-11-4-5-12-10(7-11)3-2-6-18-12/h2-7,13-17,20,22-23H,8H2,1H3,(H,19,21)/t13-,14-,15+,16-,17-/m1/s1. The van der Waals surface area contributed by atoms with Gasteiger partial charge in [0.05, 0.1) is 12.1 Å². The third-order valence-corrected chi connectivity index (χ3v) is 4.08. The fraction of sp³-hybridized carbons (Fsp3) is 0.412. The Morgan fingerprint density at radius 1 is 1.32 bits per heavy atom. The minimum Gasteiger partial charge on any atom is -0.463 e. The highest BCUT2D eigenvalue weighted by Gasteiger charge is 2.46. The number of ether oxygens (including phenoxy) is 2. The Morgan fingerprint density at radius 3 is 2.84 bits per heavy atom. The second kappa shape index (κ2) is 7.32. The van der Waals surface area contributed by atoms with E-state index >= 15 is 0 Å². The van der Waals surface area contributed by atoms with E-state index in [0.29, 0.717) is 5.75 Å². The molecule has 1 aliphatic heterocycles. The smallest absolute Gasteiger partial charge is 0.223 e. The summed E-state index contributed by atoms with van der Waals surface area (Å²) in [5.74, 6) is 0.0414. The van der Waals surface area contributed by atoms with Crippen molar-refractivity contribution in [1.29, 1.82) is 0 Å². The van der Waals surface area contributed by atoms with E-state index in [1.165, 1.54) is 6.92 Å². The van der Waals surface area contributed by atoms with Crippen LogP contribution in [0.15, 0.2) is 36.5 Å². The first kappa shape index (κ1) is 17.6. The van der Waals surface area contributed by atoms with Crippen LogP contribution >= 0.6 is 0 Å². The SMILES string of the molecule is CC(=O)N[C@H]1[C@H](Oc2ccc3ncccc3c2)O[C@H](CO)[C@H](O)[C@@H]1O. The van der Waals surface area contributed by atoms with E-state index in [1.54, 1.807) is 30.5 Å². The summed E-state index contributed by atoms with van der Waals surface area (Å²) in [6, 6.07) is 7.90. The molecule has 1 aromatic carbocycles. The largest absolute Gasteiger partial charge is 0.463 e. The van der Waals surface area contributed by atoms with Crippen molar-refractivity contribution in [3.8, 4) is 5.75 Å². The lowest BCUT2D eigenvalue weighted by Crippen LogP contribution is -2.65. The molecular weight excluding hydrogens is 328 g/mol. The van der Waals surface area contributed by atoms with Crippen LogP contribution in [0.4, 0.5) is 0 Å². The maximum absolute atomic E-state index is 11.4. The number of aliphatic hydroxyl groups excluding tert-OH is 3. The summed E-state index contributed by atoms with van der Waals surface area (Å²) < 4.78 is 11.3. The van der Waals surface area contributed by atoms with Crippen LogP contribution in [-0.4, -0.2) is 63.5 Å². The average molecular weight is 348 g/mol. The average Bonchev–Trinajstić information content (AvgIpc) is 2.61. The second-order valence-corrected chi connectivity index (χ2v) is 5.91. The van der Waals surface area contributed by atoms with E-state index in [9.17, 15) is 20.1 Å². The lowest BCUT2D eigenvalue weighted by Gasteiger charge is -2.42. The summed E-state index contributed by atoms with van der Waals surface area (Å²) in [4.78, 5) is 15.6. The zero-order valence-corrected chi connectivity index (χ0v) is 13.6. The molecule has 1 aliphatic rings. The van der Waals surface area contributed by atoms with Crippen molar-refractivity contribution in [3.63, 3.8) is 0 Å². The summed E-state index contributed by atoms with van der Waals surface area (Å²) in [5, 5.41) is 33.0. The van der Waals surface area contributed by atoms with E-state index < -0.39 is 43.2 Å². The Bertz CT molecular complexity index is 755. The van der Waals surface area contributed by atoms with E-state index in [0.717, 1.165) is 10.9 Å². The molecule has 4 N–H and O–H groups in total. The van der Waals surface area contributed by atoms with E-state index in [-0.39, 0.29) is 0 Å². The number of carbonyl (C=O) groups is 1. The molecule has 1 aromatic heterocycles. The minimum absolute atomic E-state index is 0.404. The molecule has 0 bridgehead atoms. The predicted molar refractivity (Wildman–Crippen MR) is 87.7 cm³/mol. The van der Waals surface area contributed by atoms with Gasteiger partial charge in [-0.2, -0.15) is 0 Å². The highest BCUT2D eigenvalue weighted by molar-refractivity contribution is 5.79. The Morgan fingerprint density at radius 2 is 2.12 bits per heavy atom. The molecular formula is C17H20N2O6. The summed E-state index contributed by atoms with van der Waals surface area (Å²) in [6.45, 7) is 0.794. The van der Waals surface area contributed by atoms with Gasteiger partial charge in [0, 0.05) is 18.5 Å². The van der Waals surface area contributed by atoms with Gasteiger partial charge in [0.2, 0.25) is 12.2 Å². The second-order valence-electron chi connectivity index (χ2n) is 5.91. The number of aliphatic hydroxyl groups is 3. The minimum atomic E-state index is -1.35. The molecule has 1 fully saturated rings. The van der Waals surface area contributed by atoms with Crippen molar-refractivity contribution in [2.24, 2.45) is 0 Å². The maximum Gasteiger partial charge on any atom is 0.223 e. The molecule has 1 amide bonds. The van der Waals surface area contributed by atoms with Gasteiger partial charge < -0.3 is 30.1 Å². The Hall–Kier alpha value is -2.26. The number of hydrogen-bond acceptors (Lipinski definition) is 7. The first-order valence-electron chi connectivity index (χ1n) is 7.90. The number of nitrogens with one attached hydrogen (secondary N) is 1. The van der Waals surface area contributed by atoms with Crippen molar-refractivity contribution < 1.29 is 29.6 Å². The zero-order valence-electron chi connectivity index (χ0n) is 13.6. The number of aromatic nitrogens is 1. The molecule has 0 aliphatic carbocycles. The molecule has 2 aromatic rings. The molecule has 2 heterocycles. The van der Waals surface area contributed by atoms with Gasteiger partial charge in [-0.1, -0.05) is 6.07 Å². The molecule has 0 spiro atoms. The summed E-state index contributed by atoms with van der Waals surface area (Å²) in [6.07, 6.45) is -3.10. The first-order chi connectivity index (χ1) is 12.0. The highest BCUT2D eigenvalue weighted by Crippen LogP contribution is 2.26. The third kappa shape index (κ3) is 3.72. The van der Waals surface area contributed by atoms with E-state index in [4.69, 9.17) is 9.47 Å². The number of pyridine rings is 1. The van der Waals surface area contributed by atoms with Crippen molar-refractivity contribution >= 4 is 16.8 Å². The van der Waals surface area contributed by atoms with Crippen molar-refractivity contribution in [3.05, 3.63) is 36.5 Å². The van der Waals surface area contributed by atoms with Gasteiger partial charge in [-0.3, -0.25) is 9.78 Å². The Balaban J connectivity index is 1.86. The van der Waals surface area contributed by atoms with Gasteiger partial charge >= 0.3 is 0 Å². The number of amides is 1. The first-order valence-corrected chi connectivity index (χ1v) is 7.90. The lowest BCUT2D eigenvalue weighted by atomic mass is 9.97. The van der Waals surface area contributed by atoms with Crippen molar-refractivity contribution in [2.45, 2.75) is 37.6 Å². The number of nitrogens with zero attached hydrogens (tertiary/aromatic N) is 1. The summed E-state index contributed by atoms with van der Waals surface area (Å²) >= 11 is 0. The number of carbonyl (C=O) groups excluding carboxylic acids is 1. The maximum atomic E-state index is 11.4. The van der Waals surface area contributed by atoms with Crippen LogP contribution in [0.2, 0.25) is 0 Å². The van der Waals surface area contributed by atoms with Crippen LogP contribution in [0.3, 0.4) is 0 Å². The molecule has 25 heavy (non-hydrogen) atoms. The molecule has 8 nitrogen and oxygen atoms in total. The van der Waals surface area contributed by atoms with Crippen LogP contribution in [0, 0.1) is 0 Å². The van der Waals surface area contributed by atoms with Crippen molar-refractivity contribution in [1.82, 2.24) is 10.3 Å². The highest BCUT2D eigenvalue weighted by atomic mass is 16.7. The molecule has 5 atom stereocenters. The molecule has 1 saturated heterocycles. The lowest BCUT2D eigenvalue weighted by molar-refractivity contribution is -0.244. The number of rotatable bonds is 4. The van der Waals surface area contributed by atoms with Gasteiger partial charge in [0.1, 0.15) is 30.1 Å². The fourth-order valence-corrected chi connectivity index (χ4v) is 2.83. The Labute approximate surface area is 144 Å². The van der Waals surface area contributed by atoms with Crippen molar-refractivity contribution in [2.75, 3.05) is 6.61 Å². The van der Waals surface area contributed by atoms with Crippen LogP contribution < -0.4 is 10.1 Å². The molecule has 134 valence electrons. The molecule has 0 unspecified atom stereocenters. The van der Waals surface area contributed by atoms with Gasteiger partial charge in [-0.05, 0) is 24.3 Å². The van der Waals surface area contributed by atoms with Crippen LogP contribution in [-0.2, 0) is 9.53 Å². The zero-order chi connectivity index (χ0) is 18.0. The number of benzene rings is 1. The number of hydrogen-bond donors (Lipinski definition) is 4. The Kier molecular flexibility index (Phi) is 5.14. The molecule has 3 rings (SSSR count). The summed E-state index contributed by atoms with van der Waals surface area (Å²) in [5.41, 5.74) is 0.793. The predicted octanol–water partition coefficient (Wildman–Crippen LogP) is -0.443. The molecule has 0 radical (unpaired) electrons. The van der Waals surface area contributed by atoms with Gasteiger partial charge in [0.25, 0.3) is 0 Å². The van der Waals surface area contributed by atoms with Crippen LogP contribution in [0.5, 0.6) is 5.75 Å². The van der Waals surface area contributed by atoms with Gasteiger partial charge in [-0.15, -0.1) is 0 Å². The van der Waals surface area contributed by atoms with Crippen LogP contribution in [0.25, 0.3) is 10.9 Å². The number of fused-ring (bicyclic) bond motifs is 1. The monoisotopic (exact) mass is 348 g/mol. The topological polar surface area (TPSA) is 121 Å². The molecule has 8 heteroatoms. The van der Waals surface area contributed by atoms with Gasteiger partial charge in [0.15, 0.2) is 0 Å². The normalized spacial score (nSPS) is 29.4. The summed E-state index contributed by atoms with van der Waals surface area (Å²) in [7, 11) is 0. The fourth-order valence-electron chi connectivity index (χ4n) is 2.83. The van der Waals surface area contributed by atoms with E-state index in [2.05, 4.69) is 10.3 Å². The quantitative estimate of drug-likeness (QED) is 0.591. The molecule has 0 saturated carbocycles.